The molecule has 0 amide bonds. The maximum Gasteiger partial charge on any atom is 0.128 e. The first-order chi connectivity index (χ1) is 20.1. The van der Waals surface area contributed by atoms with Gasteiger partial charge < -0.3 is 14.4 Å². The van der Waals surface area contributed by atoms with Crippen molar-refractivity contribution in [3.63, 3.8) is 0 Å². The predicted octanol–water partition coefficient (Wildman–Crippen LogP) is 10.1. The van der Waals surface area contributed by atoms with Gasteiger partial charge in [-0.25, -0.2) is 0 Å². The molecule has 0 atom stereocenters. The maximum atomic E-state index is 6.35. The third-order valence-corrected chi connectivity index (χ3v) is 7.22. The smallest absolute Gasteiger partial charge is 0.128 e. The van der Waals surface area contributed by atoms with Crippen LogP contribution in [0.25, 0.3) is 55.6 Å². The van der Waals surface area contributed by atoms with Crippen molar-refractivity contribution in [2.45, 2.75) is 26.7 Å². The first-order valence-corrected chi connectivity index (χ1v) is 13.9. The number of nitrogens with zero attached hydrogens (tertiary/aromatic N) is 2. The van der Waals surface area contributed by atoms with Gasteiger partial charge in [0, 0.05) is 43.4 Å². The van der Waals surface area contributed by atoms with E-state index in [4.69, 9.17) is 4.42 Å². The molecule has 0 fully saturated rings. The molecule has 1 radical (unpaired) electrons. The van der Waals surface area contributed by atoms with Gasteiger partial charge in [0.2, 0.25) is 0 Å². The van der Waals surface area contributed by atoms with Gasteiger partial charge in [-0.1, -0.05) is 97.1 Å². The maximum absolute atomic E-state index is 6.35. The molecule has 0 aliphatic heterocycles. The van der Waals surface area contributed by atoms with Crippen molar-refractivity contribution in [1.29, 1.82) is 0 Å². The summed E-state index contributed by atoms with van der Waals surface area (Å²) in [6.45, 7) is 6.53. The van der Waals surface area contributed by atoms with Crippen LogP contribution in [0, 0.1) is 19.1 Å². The van der Waals surface area contributed by atoms with E-state index in [1.54, 1.807) is 6.20 Å². The normalized spacial score (nSPS) is 10.8. The molecule has 7 rings (SSSR count). The molecule has 4 heteroatoms. The number of rotatable bonds is 4. The van der Waals surface area contributed by atoms with Gasteiger partial charge in [-0.05, 0) is 41.4 Å². The number of hydrogen-bond donors (Lipinski definition) is 0. The Morgan fingerprint density at radius 3 is 2.19 bits per heavy atom. The predicted molar refractivity (Wildman–Crippen MR) is 169 cm³/mol. The fraction of sp³-hybridized carbons (Fsp3) is 0.105. The van der Waals surface area contributed by atoms with Crippen LogP contribution in [0.1, 0.15) is 30.9 Å². The molecule has 209 valence electrons. The second-order valence-electron chi connectivity index (χ2n) is 10.3. The molecule has 3 nitrogen and oxygen atoms in total. The number of benzene rings is 4. The molecule has 3 heterocycles. The SMILES string of the molecule is Cc1cc(-c2[c-]cccc2)ncc1C(C)C.[Ir].[c-]1ccc2c(oc3c(-c4ccccc4)cccc32)c1-c1ccccn1. The summed E-state index contributed by atoms with van der Waals surface area (Å²) in [5.41, 5.74) is 10.4. The average molecular weight is 723 g/mol. The fourth-order valence-electron chi connectivity index (χ4n) is 5.18. The van der Waals surface area contributed by atoms with Crippen molar-refractivity contribution >= 4 is 21.9 Å². The number of para-hydroxylation sites is 1. The van der Waals surface area contributed by atoms with Gasteiger partial charge in [-0.2, -0.15) is 0 Å². The van der Waals surface area contributed by atoms with Gasteiger partial charge in [0.1, 0.15) is 5.58 Å². The quantitative estimate of drug-likeness (QED) is 0.170. The molecule has 0 aliphatic carbocycles. The van der Waals surface area contributed by atoms with Gasteiger partial charge >= 0.3 is 0 Å². The van der Waals surface area contributed by atoms with E-state index in [9.17, 15) is 0 Å². The van der Waals surface area contributed by atoms with Crippen LogP contribution in [0.3, 0.4) is 0 Å². The van der Waals surface area contributed by atoms with E-state index in [-0.39, 0.29) is 20.1 Å². The number of hydrogen-bond acceptors (Lipinski definition) is 3. The van der Waals surface area contributed by atoms with E-state index >= 15 is 0 Å². The van der Waals surface area contributed by atoms with E-state index < -0.39 is 0 Å². The zero-order chi connectivity index (χ0) is 28.2. The standard InChI is InChI=1S/C23H14NO.C15H16N.Ir/c1-2-8-16(9-3-1)17-10-6-11-18-19-12-7-13-20(23(19)25-22(17)18)21-14-4-5-15-24-21;1-11(2)14-10-16-15(9-12(14)3)13-7-5-4-6-8-13;/h1-12,14-15H;4-7,9-11H,1-3H3;/q2*-1;. The Bertz CT molecular complexity index is 1820. The van der Waals surface area contributed by atoms with Crippen molar-refractivity contribution in [2.24, 2.45) is 0 Å². The summed E-state index contributed by atoms with van der Waals surface area (Å²) in [6, 6.07) is 43.1. The average Bonchev–Trinajstić information content (AvgIpc) is 3.42. The minimum atomic E-state index is 0. The second kappa shape index (κ2) is 13.1. The molecular weight excluding hydrogens is 693 g/mol. The van der Waals surface area contributed by atoms with Gasteiger partial charge in [0.05, 0.1) is 5.58 Å². The molecule has 0 aliphatic rings. The molecule has 3 aromatic heterocycles. The van der Waals surface area contributed by atoms with Crippen LogP contribution < -0.4 is 0 Å². The van der Waals surface area contributed by atoms with E-state index in [1.807, 2.05) is 72.9 Å². The van der Waals surface area contributed by atoms with Crippen LogP contribution in [0.2, 0.25) is 0 Å². The van der Waals surface area contributed by atoms with Crippen LogP contribution in [-0.4, -0.2) is 9.97 Å². The Morgan fingerprint density at radius 2 is 1.48 bits per heavy atom. The summed E-state index contributed by atoms with van der Waals surface area (Å²) in [5, 5.41) is 2.20. The second-order valence-corrected chi connectivity index (χ2v) is 10.3. The largest absolute Gasteiger partial charge is 0.500 e. The zero-order valence-corrected chi connectivity index (χ0v) is 26.2. The van der Waals surface area contributed by atoms with Crippen molar-refractivity contribution < 1.29 is 24.5 Å². The van der Waals surface area contributed by atoms with Crippen LogP contribution in [0.15, 0.2) is 126 Å². The van der Waals surface area contributed by atoms with Gasteiger partial charge in [-0.3, -0.25) is 0 Å². The minimum Gasteiger partial charge on any atom is -0.500 e. The van der Waals surface area contributed by atoms with Crippen LogP contribution in [0.4, 0.5) is 0 Å². The van der Waals surface area contributed by atoms with E-state index in [2.05, 4.69) is 85.3 Å². The Hall–Kier alpha value is -4.37. The molecule has 0 N–H and O–H groups in total. The molecule has 0 spiro atoms. The molecule has 4 aromatic carbocycles. The molecule has 0 bridgehead atoms. The summed E-state index contributed by atoms with van der Waals surface area (Å²) in [5.74, 6) is 0.529. The van der Waals surface area contributed by atoms with E-state index in [1.165, 1.54) is 11.1 Å². The fourth-order valence-corrected chi connectivity index (χ4v) is 5.18. The number of furan rings is 1. The number of aryl methyl sites for hydroxylation is 1. The topological polar surface area (TPSA) is 38.9 Å². The minimum absolute atomic E-state index is 0. The van der Waals surface area contributed by atoms with Crippen molar-refractivity contribution in [3.05, 3.63) is 145 Å². The molecule has 42 heavy (non-hydrogen) atoms. The Balaban J connectivity index is 0.000000181. The summed E-state index contributed by atoms with van der Waals surface area (Å²) in [6.07, 6.45) is 3.77. The van der Waals surface area contributed by atoms with E-state index in [0.717, 1.165) is 55.6 Å². The van der Waals surface area contributed by atoms with Gasteiger partial charge in [0.15, 0.2) is 0 Å². The third-order valence-electron chi connectivity index (χ3n) is 7.22. The molecule has 0 saturated heterocycles. The number of pyridine rings is 2. The van der Waals surface area contributed by atoms with Crippen LogP contribution in [-0.2, 0) is 20.1 Å². The number of aromatic nitrogens is 2. The van der Waals surface area contributed by atoms with Crippen molar-refractivity contribution in [3.8, 4) is 33.6 Å². The Labute approximate surface area is 260 Å². The Kier molecular flexibility index (Phi) is 9.07. The monoisotopic (exact) mass is 723 g/mol. The summed E-state index contributed by atoms with van der Waals surface area (Å²) in [7, 11) is 0. The van der Waals surface area contributed by atoms with E-state index in [0.29, 0.717) is 5.92 Å². The first kappa shape index (κ1) is 29.1. The summed E-state index contributed by atoms with van der Waals surface area (Å²) >= 11 is 0. The molecule has 0 unspecified atom stereocenters. The Morgan fingerprint density at radius 1 is 0.690 bits per heavy atom. The molecule has 0 saturated carbocycles. The molecule has 7 aromatic rings. The van der Waals surface area contributed by atoms with Gasteiger partial charge in [-0.15, -0.1) is 54.1 Å². The molecular formula is C38H30IrN2O-2. The van der Waals surface area contributed by atoms with Gasteiger partial charge in [0.25, 0.3) is 0 Å². The van der Waals surface area contributed by atoms with Crippen LogP contribution >= 0.6 is 0 Å². The van der Waals surface area contributed by atoms with Crippen molar-refractivity contribution in [1.82, 2.24) is 9.97 Å². The van der Waals surface area contributed by atoms with Crippen LogP contribution in [0.5, 0.6) is 0 Å². The third kappa shape index (κ3) is 5.97. The summed E-state index contributed by atoms with van der Waals surface area (Å²) in [4.78, 5) is 8.96. The number of fused-ring (bicyclic) bond motifs is 3. The summed E-state index contributed by atoms with van der Waals surface area (Å²) < 4.78 is 6.35. The first-order valence-electron chi connectivity index (χ1n) is 13.9. The van der Waals surface area contributed by atoms with Crippen molar-refractivity contribution in [2.75, 3.05) is 0 Å². The zero-order valence-electron chi connectivity index (χ0n) is 23.8.